The lowest BCUT2D eigenvalue weighted by Crippen LogP contribution is -2.43. The zero-order valence-electron chi connectivity index (χ0n) is 13.9. The number of likely N-dealkylation sites (tertiary alicyclic amines) is 1. The Balaban J connectivity index is 1.49. The maximum atomic E-state index is 12.7. The smallest absolute Gasteiger partial charge is 0.326 e. The molecule has 1 aliphatic heterocycles. The summed E-state index contributed by atoms with van der Waals surface area (Å²) in [5.74, 6) is -0.525. The van der Waals surface area contributed by atoms with Crippen LogP contribution in [0.2, 0.25) is 0 Å². The molecule has 4 rings (SSSR count). The van der Waals surface area contributed by atoms with Crippen molar-refractivity contribution in [2.24, 2.45) is 11.8 Å². The van der Waals surface area contributed by atoms with E-state index in [0.29, 0.717) is 12.5 Å². The number of carboxylic acids is 1. The number of benzene rings is 1. The number of aromatic nitrogens is 2. The Morgan fingerprint density at radius 3 is 2.76 bits per heavy atom. The molecule has 2 aromatic rings. The van der Waals surface area contributed by atoms with Gasteiger partial charge < -0.3 is 10.0 Å². The Morgan fingerprint density at radius 2 is 2.00 bits per heavy atom. The van der Waals surface area contributed by atoms with Crippen LogP contribution in [0.15, 0.2) is 42.7 Å². The molecule has 0 radical (unpaired) electrons. The Morgan fingerprint density at radius 1 is 1.20 bits per heavy atom. The summed E-state index contributed by atoms with van der Waals surface area (Å²) >= 11 is 0. The fourth-order valence-corrected chi connectivity index (χ4v) is 4.33. The number of amides is 1. The molecule has 2 fully saturated rings. The fourth-order valence-electron chi connectivity index (χ4n) is 4.33. The third-order valence-electron chi connectivity index (χ3n) is 5.48. The van der Waals surface area contributed by atoms with E-state index in [0.717, 1.165) is 30.5 Å². The molecule has 1 saturated carbocycles. The van der Waals surface area contributed by atoms with E-state index in [1.54, 1.807) is 15.8 Å². The first-order valence-electron chi connectivity index (χ1n) is 8.75. The van der Waals surface area contributed by atoms with Gasteiger partial charge >= 0.3 is 5.97 Å². The van der Waals surface area contributed by atoms with Gasteiger partial charge in [0.25, 0.3) is 0 Å². The summed E-state index contributed by atoms with van der Waals surface area (Å²) in [6.07, 6.45) is 6.72. The van der Waals surface area contributed by atoms with Crippen LogP contribution in [0.25, 0.3) is 5.69 Å². The molecule has 1 aromatic carbocycles. The number of rotatable bonds is 4. The number of hydrogen-bond acceptors (Lipinski definition) is 3. The Hall–Kier alpha value is -2.63. The average molecular weight is 339 g/mol. The minimum absolute atomic E-state index is 0.116. The predicted octanol–water partition coefficient (Wildman–Crippen LogP) is 2.13. The lowest BCUT2D eigenvalue weighted by atomic mass is 9.94. The van der Waals surface area contributed by atoms with E-state index < -0.39 is 12.0 Å². The number of para-hydroxylation sites is 1. The molecule has 2 heterocycles. The molecule has 1 saturated heterocycles. The minimum atomic E-state index is -0.872. The van der Waals surface area contributed by atoms with Crippen LogP contribution in [0, 0.1) is 11.8 Å². The van der Waals surface area contributed by atoms with E-state index in [2.05, 4.69) is 5.10 Å². The number of nitrogens with zero attached hydrogens (tertiary/aromatic N) is 3. The highest BCUT2D eigenvalue weighted by Crippen LogP contribution is 2.42. The van der Waals surface area contributed by atoms with Crippen LogP contribution < -0.4 is 0 Å². The summed E-state index contributed by atoms with van der Waals surface area (Å²) in [6, 6.07) is 9.03. The summed E-state index contributed by atoms with van der Waals surface area (Å²) < 4.78 is 1.73. The van der Waals surface area contributed by atoms with Crippen molar-refractivity contribution < 1.29 is 14.7 Å². The van der Waals surface area contributed by atoms with Crippen molar-refractivity contribution in [2.45, 2.75) is 31.7 Å². The van der Waals surface area contributed by atoms with Gasteiger partial charge in [-0.2, -0.15) is 5.10 Å². The monoisotopic (exact) mass is 339 g/mol. The molecule has 1 amide bonds. The van der Waals surface area contributed by atoms with Gasteiger partial charge in [-0.25, -0.2) is 9.48 Å². The predicted molar refractivity (Wildman–Crippen MR) is 91.2 cm³/mol. The molecule has 0 spiro atoms. The number of fused-ring (bicyclic) bond motifs is 1. The van der Waals surface area contributed by atoms with Crippen molar-refractivity contribution in [2.75, 3.05) is 6.54 Å². The summed E-state index contributed by atoms with van der Waals surface area (Å²) in [5.41, 5.74) is 1.73. The van der Waals surface area contributed by atoms with E-state index in [4.69, 9.17) is 0 Å². The lowest BCUT2D eigenvalue weighted by molar-refractivity contribution is -0.149. The first kappa shape index (κ1) is 15.9. The van der Waals surface area contributed by atoms with Crippen LogP contribution in [-0.2, 0) is 16.0 Å². The molecule has 25 heavy (non-hydrogen) atoms. The van der Waals surface area contributed by atoms with Crippen molar-refractivity contribution in [1.29, 1.82) is 0 Å². The molecule has 3 atom stereocenters. The normalized spacial score (nSPS) is 25.1. The van der Waals surface area contributed by atoms with Crippen molar-refractivity contribution in [3.8, 4) is 5.69 Å². The molecule has 130 valence electrons. The van der Waals surface area contributed by atoms with Crippen molar-refractivity contribution in [3.63, 3.8) is 0 Å². The maximum absolute atomic E-state index is 12.7. The largest absolute Gasteiger partial charge is 0.480 e. The van der Waals surface area contributed by atoms with E-state index >= 15 is 0 Å². The maximum Gasteiger partial charge on any atom is 0.326 e. The van der Waals surface area contributed by atoms with Crippen molar-refractivity contribution in [1.82, 2.24) is 14.7 Å². The Kier molecular flexibility index (Phi) is 4.03. The number of aliphatic carboxylic acids is 1. The van der Waals surface area contributed by atoms with Gasteiger partial charge in [0, 0.05) is 12.7 Å². The van der Waals surface area contributed by atoms with E-state index in [9.17, 15) is 14.7 Å². The molecular weight excluding hydrogens is 318 g/mol. The number of carbonyl (C=O) groups excluding carboxylic acids is 1. The first-order chi connectivity index (χ1) is 12.1. The fraction of sp³-hybridized carbons (Fsp3) is 0.421. The van der Waals surface area contributed by atoms with Gasteiger partial charge in [-0.15, -0.1) is 0 Å². The highest BCUT2D eigenvalue weighted by atomic mass is 16.4. The SMILES string of the molecule is O=C(O)C1C2CCCC2CN1C(=O)Cc1cnn(-c2ccccc2)c1. The minimum Gasteiger partial charge on any atom is -0.480 e. The van der Waals surface area contributed by atoms with Gasteiger partial charge in [-0.3, -0.25) is 4.79 Å². The second kappa shape index (κ2) is 6.35. The zero-order valence-corrected chi connectivity index (χ0v) is 13.9. The molecule has 6 heteroatoms. The zero-order chi connectivity index (χ0) is 17.4. The molecule has 1 N–H and O–H groups in total. The number of carboxylic acid groups (broad SMARTS) is 1. The summed E-state index contributed by atoms with van der Waals surface area (Å²) in [5, 5.41) is 13.9. The molecule has 2 aliphatic rings. The topological polar surface area (TPSA) is 75.4 Å². The summed E-state index contributed by atoms with van der Waals surface area (Å²) in [6.45, 7) is 0.577. The highest BCUT2D eigenvalue weighted by Gasteiger charge is 2.49. The van der Waals surface area contributed by atoms with Gasteiger partial charge in [0.2, 0.25) is 5.91 Å². The molecule has 1 aromatic heterocycles. The lowest BCUT2D eigenvalue weighted by Gasteiger charge is -2.24. The Bertz CT molecular complexity index is 786. The van der Waals surface area contributed by atoms with Crippen LogP contribution >= 0.6 is 0 Å². The summed E-state index contributed by atoms with van der Waals surface area (Å²) in [4.78, 5) is 26.0. The van der Waals surface area contributed by atoms with Crippen LogP contribution in [0.1, 0.15) is 24.8 Å². The van der Waals surface area contributed by atoms with Crippen LogP contribution in [0.5, 0.6) is 0 Å². The molecule has 3 unspecified atom stereocenters. The molecule has 1 aliphatic carbocycles. The number of hydrogen-bond donors (Lipinski definition) is 1. The standard InChI is InChI=1S/C19H21N3O3/c23-17(21-12-14-5-4-8-16(14)18(21)19(24)25)9-13-10-20-22(11-13)15-6-2-1-3-7-15/h1-3,6-7,10-11,14,16,18H,4-5,8-9,12H2,(H,24,25). The number of carbonyl (C=O) groups is 2. The third-order valence-corrected chi connectivity index (χ3v) is 5.48. The van der Waals surface area contributed by atoms with Gasteiger partial charge in [-0.05, 0) is 42.4 Å². The van der Waals surface area contributed by atoms with Crippen LogP contribution in [0.4, 0.5) is 0 Å². The summed E-state index contributed by atoms with van der Waals surface area (Å²) in [7, 11) is 0. The average Bonchev–Trinajstić information content (AvgIpc) is 3.30. The Labute approximate surface area is 146 Å². The van der Waals surface area contributed by atoms with Gasteiger partial charge in [0.05, 0.1) is 18.3 Å². The van der Waals surface area contributed by atoms with E-state index in [-0.39, 0.29) is 18.2 Å². The molecular formula is C19H21N3O3. The quantitative estimate of drug-likeness (QED) is 0.926. The van der Waals surface area contributed by atoms with Crippen LogP contribution in [0.3, 0.4) is 0 Å². The van der Waals surface area contributed by atoms with Crippen LogP contribution in [-0.4, -0.2) is 44.3 Å². The first-order valence-corrected chi connectivity index (χ1v) is 8.75. The van der Waals surface area contributed by atoms with Gasteiger partial charge in [0.1, 0.15) is 6.04 Å². The van der Waals surface area contributed by atoms with Crippen molar-refractivity contribution in [3.05, 3.63) is 48.3 Å². The second-order valence-corrected chi connectivity index (χ2v) is 6.99. The van der Waals surface area contributed by atoms with Gasteiger partial charge in [0.15, 0.2) is 0 Å². The van der Waals surface area contributed by atoms with Crippen molar-refractivity contribution >= 4 is 11.9 Å². The molecule has 0 bridgehead atoms. The molecule has 6 nitrogen and oxygen atoms in total. The third kappa shape index (κ3) is 2.92. The highest BCUT2D eigenvalue weighted by molar-refractivity contribution is 5.86. The van der Waals surface area contributed by atoms with E-state index in [1.165, 1.54) is 0 Å². The van der Waals surface area contributed by atoms with E-state index in [1.807, 2.05) is 36.5 Å². The van der Waals surface area contributed by atoms with Gasteiger partial charge in [-0.1, -0.05) is 24.6 Å². The second-order valence-electron chi connectivity index (χ2n) is 6.99.